The van der Waals surface area contributed by atoms with Crippen LogP contribution in [0.15, 0.2) is 97.1 Å². The molecule has 5 rings (SSSR count). The molecule has 0 radical (unpaired) electrons. The highest BCUT2D eigenvalue weighted by Crippen LogP contribution is 2.42. The number of hydrogen-bond acceptors (Lipinski definition) is 1. The molecule has 5 aromatic rings. The maximum Gasteiger partial charge on any atom is 0.0598 e. The molecule has 0 fully saturated rings. The van der Waals surface area contributed by atoms with Gasteiger partial charge in [-0.1, -0.05) is 152 Å². The second-order valence-electron chi connectivity index (χ2n) is 13.8. The van der Waals surface area contributed by atoms with E-state index in [1.54, 1.807) is 11.3 Å². The number of aryl methyl sites for hydroxylation is 2. The van der Waals surface area contributed by atoms with Crippen LogP contribution in [0, 0.1) is 23.7 Å². The quantitative estimate of drug-likeness (QED) is 0.179. The zero-order valence-electron chi connectivity index (χ0n) is 28.1. The Morgan fingerprint density at radius 1 is 0.444 bits per heavy atom. The van der Waals surface area contributed by atoms with E-state index in [0.29, 0.717) is 0 Å². The van der Waals surface area contributed by atoms with Gasteiger partial charge in [-0.15, -0.1) is 11.3 Å². The molecule has 0 spiro atoms. The Morgan fingerprint density at radius 2 is 0.778 bits per heavy atom. The van der Waals surface area contributed by atoms with Gasteiger partial charge in [-0.25, -0.2) is 0 Å². The van der Waals surface area contributed by atoms with Crippen molar-refractivity contribution >= 4 is 11.3 Å². The van der Waals surface area contributed by atoms with E-state index in [2.05, 4.69) is 176 Å². The lowest BCUT2D eigenvalue weighted by Gasteiger charge is -2.18. The highest BCUT2D eigenvalue weighted by molar-refractivity contribution is 7.19. The van der Waals surface area contributed by atoms with Gasteiger partial charge in [0, 0.05) is 11.1 Å². The van der Waals surface area contributed by atoms with Crippen molar-refractivity contribution < 1.29 is 0 Å². The van der Waals surface area contributed by atoms with Crippen molar-refractivity contribution in [1.82, 2.24) is 0 Å². The lowest BCUT2D eigenvalue weighted by molar-refractivity contribution is 0.590. The second-order valence-corrected chi connectivity index (χ2v) is 14.8. The zero-order chi connectivity index (χ0) is 32.2. The summed E-state index contributed by atoms with van der Waals surface area (Å²) >= 11 is 1.80. The van der Waals surface area contributed by atoms with Gasteiger partial charge >= 0.3 is 0 Å². The summed E-state index contributed by atoms with van der Waals surface area (Å²) in [6.45, 7) is 17.8. The zero-order valence-corrected chi connectivity index (χ0v) is 28.9. The predicted molar refractivity (Wildman–Crippen MR) is 196 cm³/mol. The Balaban J connectivity index is 1.70. The Labute approximate surface area is 275 Å². The van der Waals surface area contributed by atoms with E-state index < -0.39 is 0 Å². The molecule has 0 bridgehead atoms. The first kappa shape index (κ1) is 32.1. The van der Waals surface area contributed by atoms with Crippen molar-refractivity contribution in [3.63, 3.8) is 0 Å². The first-order valence-electron chi connectivity index (χ1n) is 16.1. The number of rotatable bonds is 4. The van der Waals surface area contributed by atoms with Crippen LogP contribution in [-0.2, 0) is 23.7 Å². The van der Waals surface area contributed by atoms with Gasteiger partial charge in [0.25, 0.3) is 0 Å². The molecule has 0 atom stereocenters. The molecule has 0 aliphatic carbocycles. The summed E-state index contributed by atoms with van der Waals surface area (Å²) in [6.07, 6.45) is 2.03. The number of thiophene rings is 1. The monoisotopic (exact) mass is 604 g/mol. The summed E-state index contributed by atoms with van der Waals surface area (Å²) in [5.41, 5.74) is 11.8. The van der Waals surface area contributed by atoms with E-state index in [4.69, 9.17) is 0 Å². The van der Waals surface area contributed by atoms with Crippen LogP contribution in [0.4, 0.5) is 0 Å². The van der Waals surface area contributed by atoms with Crippen molar-refractivity contribution in [1.29, 1.82) is 0 Å². The van der Waals surface area contributed by atoms with Crippen molar-refractivity contribution in [2.45, 2.75) is 79.1 Å². The van der Waals surface area contributed by atoms with Gasteiger partial charge in [0.2, 0.25) is 0 Å². The van der Waals surface area contributed by atoms with E-state index in [0.717, 1.165) is 35.1 Å². The molecule has 0 saturated carbocycles. The summed E-state index contributed by atoms with van der Waals surface area (Å²) in [4.78, 5) is 2.33. The molecule has 1 aromatic heterocycles. The number of benzene rings is 4. The molecule has 0 aliphatic rings. The SMILES string of the molecule is CCc1ccc(-c2sc(-c3ccc(CC)cc3)c(C#Cc3ccc(C(C)(C)C)cc3)c2C#Cc2ccc(C(C)(C)C)cc2)cc1. The second kappa shape index (κ2) is 13.4. The summed E-state index contributed by atoms with van der Waals surface area (Å²) in [5, 5.41) is 0. The Morgan fingerprint density at radius 3 is 1.07 bits per heavy atom. The summed E-state index contributed by atoms with van der Waals surface area (Å²) < 4.78 is 0. The molecule has 226 valence electrons. The van der Waals surface area contributed by atoms with Gasteiger partial charge in [0.05, 0.1) is 20.9 Å². The molecular weight excluding hydrogens is 561 g/mol. The van der Waals surface area contributed by atoms with Gasteiger partial charge in [-0.05, 0) is 81.3 Å². The Hall–Kier alpha value is -4.30. The number of hydrogen-bond donors (Lipinski definition) is 0. The maximum atomic E-state index is 3.62. The van der Waals surface area contributed by atoms with Gasteiger partial charge in [-0.2, -0.15) is 0 Å². The standard InChI is InChI=1S/C44H44S/c1-9-31-11-21-35(22-12-31)41-39(29-19-33-15-25-37(26-16-33)43(3,4)5)40(42(45-41)36-23-13-32(10-2)14-24-36)30-20-34-17-27-38(28-18-34)44(6,7)8/h11-18,21-28H,9-10H2,1-8H3. The van der Waals surface area contributed by atoms with Gasteiger partial charge in [0.15, 0.2) is 0 Å². The molecule has 0 unspecified atom stereocenters. The van der Waals surface area contributed by atoms with Gasteiger partial charge < -0.3 is 0 Å². The fourth-order valence-electron chi connectivity index (χ4n) is 5.24. The van der Waals surface area contributed by atoms with Crippen LogP contribution in [0.25, 0.3) is 20.9 Å². The van der Waals surface area contributed by atoms with E-state index in [-0.39, 0.29) is 10.8 Å². The fourth-order valence-corrected chi connectivity index (χ4v) is 6.46. The minimum atomic E-state index is 0.104. The lowest BCUT2D eigenvalue weighted by Crippen LogP contribution is -2.10. The first-order chi connectivity index (χ1) is 21.5. The molecule has 45 heavy (non-hydrogen) atoms. The highest BCUT2D eigenvalue weighted by atomic mass is 32.1. The van der Waals surface area contributed by atoms with Crippen LogP contribution in [0.5, 0.6) is 0 Å². The third kappa shape index (κ3) is 7.68. The fraction of sp³-hybridized carbons (Fsp3) is 0.273. The Kier molecular flexibility index (Phi) is 9.53. The molecule has 0 aliphatic heterocycles. The Bertz CT molecular complexity index is 1730. The van der Waals surface area contributed by atoms with Crippen LogP contribution >= 0.6 is 11.3 Å². The van der Waals surface area contributed by atoms with E-state index in [1.165, 1.54) is 43.1 Å². The van der Waals surface area contributed by atoms with Crippen molar-refractivity contribution in [2.75, 3.05) is 0 Å². The molecular formula is C44H44S. The third-order valence-electron chi connectivity index (χ3n) is 8.32. The average molecular weight is 605 g/mol. The molecule has 0 saturated heterocycles. The van der Waals surface area contributed by atoms with Crippen molar-refractivity contribution in [3.8, 4) is 44.6 Å². The maximum absolute atomic E-state index is 3.62. The van der Waals surface area contributed by atoms with Crippen molar-refractivity contribution in [3.05, 3.63) is 142 Å². The first-order valence-corrected chi connectivity index (χ1v) is 16.9. The smallest absolute Gasteiger partial charge is 0.0598 e. The van der Waals surface area contributed by atoms with E-state index in [9.17, 15) is 0 Å². The highest BCUT2D eigenvalue weighted by Gasteiger charge is 2.19. The summed E-state index contributed by atoms with van der Waals surface area (Å²) in [6, 6.07) is 35.2. The predicted octanol–water partition coefficient (Wildman–Crippen LogP) is 11.6. The summed E-state index contributed by atoms with van der Waals surface area (Å²) in [5.74, 6) is 14.3. The van der Waals surface area contributed by atoms with Gasteiger partial charge in [-0.3, -0.25) is 0 Å². The third-order valence-corrected chi connectivity index (χ3v) is 9.61. The van der Waals surface area contributed by atoms with Crippen LogP contribution in [0.1, 0.15) is 99.9 Å². The molecule has 0 nitrogen and oxygen atoms in total. The van der Waals surface area contributed by atoms with Crippen molar-refractivity contribution in [2.24, 2.45) is 0 Å². The molecule has 0 amide bonds. The van der Waals surface area contributed by atoms with Crippen LogP contribution in [0.2, 0.25) is 0 Å². The topological polar surface area (TPSA) is 0 Å². The average Bonchev–Trinajstić information content (AvgIpc) is 3.40. The summed E-state index contributed by atoms with van der Waals surface area (Å²) in [7, 11) is 0. The van der Waals surface area contributed by atoms with Crippen LogP contribution < -0.4 is 0 Å². The molecule has 0 N–H and O–H groups in total. The minimum absolute atomic E-state index is 0.104. The molecule has 1 heteroatoms. The molecule has 4 aromatic carbocycles. The van der Waals surface area contributed by atoms with Crippen LogP contribution in [-0.4, -0.2) is 0 Å². The molecule has 1 heterocycles. The van der Waals surface area contributed by atoms with Crippen LogP contribution in [0.3, 0.4) is 0 Å². The lowest BCUT2D eigenvalue weighted by atomic mass is 9.87. The minimum Gasteiger partial charge on any atom is -0.132 e. The normalized spacial score (nSPS) is 11.4. The van der Waals surface area contributed by atoms with E-state index >= 15 is 0 Å². The van der Waals surface area contributed by atoms with Gasteiger partial charge in [0.1, 0.15) is 0 Å². The van der Waals surface area contributed by atoms with E-state index in [1.807, 2.05) is 0 Å². The largest absolute Gasteiger partial charge is 0.132 e.